The van der Waals surface area contributed by atoms with Gasteiger partial charge in [-0.2, -0.15) is 0 Å². The number of benzene rings is 2. The van der Waals surface area contributed by atoms with Crippen LogP contribution in [-0.4, -0.2) is 6.61 Å². The van der Waals surface area contributed by atoms with Crippen LogP contribution in [0.15, 0.2) is 37.7 Å². The lowest BCUT2D eigenvalue weighted by atomic mass is 10.1. The van der Waals surface area contributed by atoms with E-state index < -0.39 is 0 Å². The first-order valence-electron chi connectivity index (χ1n) is 6.37. The summed E-state index contributed by atoms with van der Waals surface area (Å²) in [6, 6.07) is 7.95. The Bertz CT molecular complexity index is 683. The maximum atomic E-state index is 6.19. The Morgan fingerprint density at radius 2 is 1.81 bits per heavy atom. The van der Waals surface area contributed by atoms with Crippen molar-refractivity contribution in [3.63, 3.8) is 0 Å². The molecule has 1 aliphatic heterocycles. The molecule has 6 heteroatoms. The van der Waals surface area contributed by atoms with Crippen LogP contribution in [0, 0.1) is 0 Å². The topological polar surface area (TPSA) is 21.3 Å². The molecule has 0 aliphatic carbocycles. The van der Waals surface area contributed by atoms with Gasteiger partial charge in [0, 0.05) is 37.0 Å². The summed E-state index contributed by atoms with van der Waals surface area (Å²) >= 11 is 16.8. The van der Waals surface area contributed by atoms with Gasteiger partial charge in [0.2, 0.25) is 0 Å². The largest absolute Gasteiger partial charge is 0.493 e. The molecule has 0 radical (unpaired) electrons. The van der Waals surface area contributed by atoms with Gasteiger partial charge in [-0.3, -0.25) is 0 Å². The highest BCUT2D eigenvalue weighted by molar-refractivity contribution is 9.11. The molecular formula is C15H11Br3ClNO. The molecule has 0 saturated carbocycles. The van der Waals surface area contributed by atoms with Crippen LogP contribution in [0.3, 0.4) is 0 Å². The third-order valence-corrected chi connectivity index (χ3v) is 5.21. The van der Waals surface area contributed by atoms with E-state index in [1.165, 1.54) is 5.56 Å². The summed E-state index contributed by atoms with van der Waals surface area (Å²) in [6.07, 6.45) is 0.925. The molecule has 0 saturated heterocycles. The molecular weight excluding hydrogens is 485 g/mol. The summed E-state index contributed by atoms with van der Waals surface area (Å²) in [4.78, 5) is 0. The van der Waals surface area contributed by atoms with E-state index in [2.05, 4.69) is 53.1 Å². The quantitative estimate of drug-likeness (QED) is 0.549. The SMILES string of the molecule is Clc1cc2c(c(CNc3c(Br)cc(Br)cc3Br)c1)OCC2. The van der Waals surface area contributed by atoms with Crippen molar-refractivity contribution in [2.24, 2.45) is 0 Å². The van der Waals surface area contributed by atoms with Gasteiger partial charge in [-0.15, -0.1) is 0 Å². The molecule has 2 aromatic carbocycles. The molecule has 0 aromatic heterocycles. The summed E-state index contributed by atoms with van der Waals surface area (Å²) < 4.78 is 8.71. The van der Waals surface area contributed by atoms with Crippen molar-refractivity contribution >= 4 is 65.1 Å². The van der Waals surface area contributed by atoms with Crippen molar-refractivity contribution in [3.8, 4) is 5.75 Å². The molecule has 1 N–H and O–H groups in total. The van der Waals surface area contributed by atoms with E-state index in [1.807, 2.05) is 24.3 Å². The number of hydrogen-bond donors (Lipinski definition) is 1. The molecule has 3 rings (SSSR count). The molecule has 1 aliphatic rings. The van der Waals surface area contributed by atoms with E-state index in [-0.39, 0.29) is 0 Å². The number of hydrogen-bond acceptors (Lipinski definition) is 2. The van der Waals surface area contributed by atoms with E-state index >= 15 is 0 Å². The maximum absolute atomic E-state index is 6.19. The minimum atomic E-state index is 0.654. The highest BCUT2D eigenvalue weighted by atomic mass is 79.9. The van der Waals surface area contributed by atoms with Gasteiger partial charge in [-0.1, -0.05) is 27.5 Å². The third kappa shape index (κ3) is 3.41. The van der Waals surface area contributed by atoms with Gasteiger partial charge in [-0.05, 0) is 61.7 Å². The van der Waals surface area contributed by atoms with Crippen molar-refractivity contribution in [3.05, 3.63) is 53.8 Å². The number of nitrogens with one attached hydrogen (secondary N) is 1. The maximum Gasteiger partial charge on any atom is 0.127 e. The Hall–Kier alpha value is -0.230. The van der Waals surface area contributed by atoms with Gasteiger partial charge < -0.3 is 10.1 Å². The summed E-state index contributed by atoms with van der Waals surface area (Å²) in [5.41, 5.74) is 3.27. The molecule has 2 aromatic rings. The van der Waals surface area contributed by atoms with Gasteiger partial charge in [0.15, 0.2) is 0 Å². The van der Waals surface area contributed by atoms with E-state index in [0.29, 0.717) is 6.54 Å². The fourth-order valence-corrected chi connectivity index (χ4v) is 5.17. The second kappa shape index (κ2) is 6.49. The van der Waals surface area contributed by atoms with Crippen LogP contribution in [-0.2, 0) is 13.0 Å². The normalized spacial score (nSPS) is 13.0. The zero-order chi connectivity index (χ0) is 15.0. The Kier molecular flexibility index (Phi) is 4.84. The predicted molar refractivity (Wildman–Crippen MR) is 97.5 cm³/mol. The fourth-order valence-electron chi connectivity index (χ4n) is 2.37. The van der Waals surface area contributed by atoms with Gasteiger partial charge in [0.05, 0.1) is 12.3 Å². The van der Waals surface area contributed by atoms with Crippen molar-refractivity contribution in [2.75, 3.05) is 11.9 Å². The van der Waals surface area contributed by atoms with Crippen LogP contribution in [0.25, 0.3) is 0 Å². The third-order valence-electron chi connectivity index (χ3n) is 3.29. The lowest BCUT2D eigenvalue weighted by Crippen LogP contribution is -2.03. The summed E-state index contributed by atoms with van der Waals surface area (Å²) in [5, 5.41) is 4.18. The molecule has 0 bridgehead atoms. The first-order valence-corrected chi connectivity index (χ1v) is 9.13. The highest BCUT2D eigenvalue weighted by Crippen LogP contribution is 2.37. The molecule has 1 heterocycles. The minimum absolute atomic E-state index is 0.654. The van der Waals surface area contributed by atoms with Crippen LogP contribution >= 0.6 is 59.4 Å². The highest BCUT2D eigenvalue weighted by Gasteiger charge is 2.18. The van der Waals surface area contributed by atoms with Crippen molar-refractivity contribution < 1.29 is 4.74 Å². The van der Waals surface area contributed by atoms with Crippen LogP contribution < -0.4 is 10.1 Å². The van der Waals surface area contributed by atoms with E-state index in [4.69, 9.17) is 16.3 Å². The lowest BCUT2D eigenvalue weighted by Gasteiger charge is -2.14. The van der Waals surface area contributed by atoms with Crippen molar-refractivity contribution in [1.29, 1.82) is 0 Å². The van der Waals surface area contributed by atoms with E-state index in [9.17, 15) is 0 Å². The molecule has 0 atom stereocenters. The van der Waals surface area contributed by atoms with Crippen LogP contribution in [0.5, 0.6) is 5.75 Å². The van der Waals surface area contributed by atoms with Crippen LogP contribution in [0.4, 0.5) is 5.69 Å². The van der Waals surface area contributed by atoms with Crippen molar-refractivity contribution in [1.82, 2.24) is 0 Å². The Balaban J connectivity index is 1.86. The second-order valence-corrected chi connectivity index (χ2v) is 7.81. The average molecular weight is 496 g/mol. The minimum Gasteiger partial charge on any atom is -0.493 e. The molecule has 0 spiro atoms. The number of anilines is 1. The molecule has 0 amide bonds. The summed E-state index contributed by atoms with van der Waals surface area (Å²) in [7, 11) is 0. The Morgan fingerprint density at radius 1 is 1.10 bits per heavy atom. The fraction of sp³-hybridized carbons (Fsp3) is 0.200. The van der Waals surface area contributed by atoms with Crippen LogP contribution in [0.2, 0.25) is 5.02 Å². The smallest absolute Gasteiger partial charge is 0.127 e. The van der Waals surface area contributed by atoms with Gasteiger partial charge >= 0.3 is 0 Å². The molecule has 21 heavy (non-hydrogen) atoms. The summed E-state index contributed by atoms with van der Waals surface area (Å²) in [5.74, 6) is 0.969. The summed E-state index contributed by atoms with van der Waals surface area (Å²) in [6.45, 7) is 1.38. The average Bonchev–Trinajstić information content (AvgIpc) is 2.85. The van der Waals surface area contributed by atoms with Crippen LogP contribution in [0.1, 0.15) is 11.1 Å². The Labute approximate surface area is 153 Å². The number of rotatable bonds is 3. The first kappa shape index (κ1) is 15.7. The molecule has 0 fully saturated rings. The standard InChI is InChI=1S/C15H11Br3ClNO/c16-10-5-12(17)14(13(18)6-10)20-7-9-4-11(19)3-8-1-2-21-15(8)9/h3-6,20H,1-2,7H2. The first-order chi connectivity index (χ1) is 10.0. The molecule has 110 valence electrons. The van der Waals surface area contributed by atoms with Gasteiger partial charge in [0.25, 0.3) is 0 Å². The van der Waals surface area contributed by atoms with E-state index in [0.717, 1.165) is 48.5 Å². The van der Waals surface area contributed by atoms with Crippen molar-refractivity contribution in [2.45, 2.75) is 13.0 Å². The Morgan fingerprint density at radius 3 is 2.52 bits per heavy atom. The molecule has 0 unspecified atom stereocenters. The monoisotopic (exact) mass is 493 g/mol. The molecule has 2 nitrogen and oxygen atoms in total. The number of fused-ring (bicyclic) bond motifs is 1. The second-order valence-electron chi connectivity index (χ2n) is 4.75. The lowest BCUT2D eigenvalue weighted by molar-refractivity contribution is 0.354. The van der Waals surface area contributed by atoms with E-state index in [1.54, 1.807) is 0 Å². The van der Waals surface area contributed by atoms with Gasteiger partial charge in [0.1, 0.15) is 5.75 Å². The number of halogens is 4. The van der Waals surface area contributed by atoms with Gasteiger partial charge in [-0.25, -0.2) is 0 Å². The number of ether oxygens (including phenoxy) is 1. The predicted octanol–water partition coefficient (Wildman–Crippen LogP) is 6.17. The zero-order valence-corrected chi connectivity index (χ0v) is 16.4. The zero-order valence-electron chi connectivity index (χ0n) is 10.9.